The molecule has 0 fully saturated rings. The Kier molecular flexibility index (Phi) is 3.92. The Morgan fingerprint density at radius 1 is 1.42 bits per heavy atom. The van der Waals surface area contributed by atoms with Gasteiger partial charge in [0.2, 0.25) is 0 Å². The lowest BCUT2D eigenvalue weighted by molar-refractivity contribution is 0.300. The minimum absolute atomic E-state index is 0.202. The number of aliphatic hydroxyl groups is 1. The van der Waals surface area contributed by atoms with E-state index >= 15 is 0 Å². The van der Waals surface area contributed by atoms with Crippen molar-refractivity contribution in [3.8, 4) is 0 Å². The fourth-order valence-corrected chi connectivity index (χ4v) is 1.74. The molecule has 0 aromatic heterocycles. The first-order chi connectivity index (χ1) is 5.72. The van der Waals surface area contributed by atoms with Crippen molar-refractivity contribution in [2.45, 2.75) is 17.1 Å². The monoisotopic (exact) mass is 202 g/mol. The first-order valence-electron chi connectivity index (χ1n) is 3.75. The average Bonchev–Trinajstić information content (AvgIpc) is 2.09. The van der Waals surface area contributed by atoms with Crippen molar-refractivity contribution in [1.29, 1.82) is 0 Å². The molecule has 3 heteroatoms. The highest BCUT2D eigenvalue weighted by atomic mass is 35.5. The van der Waals surface area contributed by atoms with Crippen LogP contribution in [0.4, 0.5) is 0 Å². The summed E-state index contributed by atoms with van der Waals surface area (Å²) in [4.78, 5) is 1.14. The van der Waals surface area contributed by atoms with Crippen LogP contribution in [0, 0.1) is 0 Å². The van der Waals surface area contributed by atoms with Crippen molar-refractivity contribution in [3.63, 3.8) is 0 Å². The van der Waals surface area contributed by atoms with Crippen molar-refractivity contribution >= 4 is 23.4 Å². The van der Waals surface area contributed by atoms with Crippen molar-refractivity contribution < 1.29 is 5.11 Å². The number of halogens is 1. The van der Waals surface area contributed by atoms with Gasteiger partial charge in [0, 0.05) is 15.2 Å². The highest BCUT2D eigenvalue weighted by Gasteiger charge is 2.01. The van der Waals surface area contributed by atoms with Gasteiger partial charge in [0.1, 0.15) is 0 Å². The topological polar surface area (TPSA) is 20.2 Å². The predicted molar refractivity (Wildman–Crippen MR) is 53.9 cm³/mol. The van der Waals surface area contributed by atoms with E-state index in [0.717, 1.165) is 9.92 Å². The summed E-state index contributed by atoms with van der Waals surface area (Å²) in [7, 11) is 0. The molecule has 1 aromatic rings. The summed E-state index contributed by atoms with van der Waals surface area (Å²) in [6.45, 7) is 2.19. The highest BCUT2D eigenvalue weighted by Crippen LogP contribution is 2.23. The molecule has 12 heavy (non-hydrogen) atoms. The van der Waals surface area contributed by atoms with Gasteiger partial charge in [-0.2, -0.15) is 0 Å². The van der Waals surface area contributed by atoms with Gasteiger partial charge < -0.3 is 5.11 Å². The second-order valence-electron chi connectivity index (χ2n) is 2.56. The molecule has 0 saturated heterocycles. The molecule has 0 spiro atoms. The van der Waals surface area contributed by atoms with Crippen LogP contribution in [0.2, 0.25) is 5.02 Å². The number of hydrogen-bond acceptors (Lipinski definition) is 2. The van der Waals surface area contributed by atoms with Crippen LogP contribution in [0.25, 0.3) is 0 Å². The molecule has 0 bridgehead atoms. The summed E-state index contributed by atoms with van der Waals surface area (Å²) in [6.07, 6.45) is 0. The van der Waals surface area contributed by atoms with Gasteiger partial charge in [-0.15, -0.1) is 11.8 Å². The van der Waals surface area contributed by atoms with E-state index in [-0.39, 0.29) is 11.9 Å². The zero-order valence-electron chi connectivity index (χ0n) is 6.83. The molecule has 1 rings (SSSR count). The Balaban J connectivity index is 2.58. The standard InChI is InChI=1S/C9H11ClOS/c1-7(6-11)12-9-4-2-8(10)3-5-9/h2-5,7,11H,6H2,1H3. The van der Waals surface area contributed by atoms with E-state index < -0.39 is 0 Å². The molecule has 1 unspecified atom stereocenters. The van der Waals surface area contributed by atoms with Crippen molar-refractivity contribution in [3.05, 3.63) is 29.3 Å². The quantitative estimate of drug-likeness (QED) is 0.761. The van der Waals surface area contributed by atoms with Crippen LogP contribution >= 0.6 is 23.4 Å². The summed E-state index contributed by atoms with van der Waals surface area (Å²) < 4.78 is 0. The van der Waals surface area contributed by atoms with Crippen LogP contribution in [-0.2, 0) is 0 Å². The first-order valence-corrected chi connectivity index (χ1v) is 5.01. The van der Waals surface area contributed by atoms with Gasteiger partial charge in [0.25, 0.3) is 0 Å². The lowest BCUT2D eigenvalue weighted by Crippen LogP contribution is -2.00. The summed E-state index contributed by atoms with van der Waals surface area (Å²) in [6, 6.07) is 7.63. The van der Waals surface area contributed by atoms with Gasteiger partial charge in [-0.25, -0.2) is 0 Å². The number of hydrogen-bond donors (Lipinski definition) is 1. The maximum absolute atomic E-state index is 8.80. The van der Waals surface area contributed by atoms with Gasteiger partial charge in [0.05, 0.1) is 6.61 Å². The Hall–Kier alpha value is -0.180. The molecule has 1 N–H and O–H groups in total. The molecule has 1 nitrogen and oxygen atoms in total. The van der Waals surface area contributed by atoms with E-state index in [0.29, 0.717) is 0 Å². The summed E-state index contributed by atoms with van der Waals surface area (Å²) in [5.41, 5.74) is 0. The minimum atomic E-state index is 0.202. The van der Waals surface area contributed by atoms with Crippen molar-refractivity contribution in [2.24, 2.45) is 0 Å². The van der Waals surface area contributed by atoms with E-state index in [9.17, 15) is 0 Å². The maximum atomic E-state index is 8.80. The van der Waals surface area contributed by atoms with Gasteiger partial charge in [0.15, 0.2) is 0 Å². The largest absolute Gasteiger partial charge is 0.395 e. The molecule has 0 aliphatic heterocycles. The number of aliphatic hydroxyl groups excluding tert-OH is 1. The van der Waals surface area contributed by atoms with Crippen LogP contribution in [0.15, 0.2) is 29.2 Å². The third kappa shape index (κ3) is 3.05. The predicted octanol–water partition coefficient (Wildman–Crippen LogP) is 2.81. The Morgan fingerprint density at radius 3 is 2.50 bits per heavy atom. The number of benzene rings is 1. The van der Waals surface area contributed by atoms with Crippen molar-refractivity contribution in [1.82, 2.24) is 0 Å². The first kappa shape index (κ1) is 9.90. The molecule has 1 atom stereocenters. The highest BCUT2D eigenvalue weighted by molar-refractivity contribution is 8.00. The third-order valence-electron chi connectivity index (χ3n) is 1.41. The Bertz CT molecular complexity index is 235. The zero-order chi connectivity index (χ0) is 8.97. The van der Waals surface area contributed by atoms with E-state index in [2.05, 4.69) is 0 Å². The van der Waals surface area contributed by atoms with E-state index in [1.54, 1.807) is 11.8 Å². The maximum Gasteiger partial charge on any atom is 0.0550 e. The van der Waals surface area contributed by atoms with Gasteiger partial charge >= 0.3 is 0 Å². The molecular weight excluding hydrogens is 192 g/mol. The lowest BCUT2D eigenvalue weighted by Gasteiger charge is -2.06. The number of rotatable bonds is 3. The van der Waals surface area contributed by atoms with Crippen LogP contribution < -0.4 is 0 Å². The normalized spacial score (nSPS) is 12.9. The molecule has 0 aliphatic carbocycles. The minimum Gasteiger partial charge on any atom is -0.395 e. The van der Waals surface area contributed by atoms with Gasteiger partial charge in [-0.05, 0) is 24.3 Å². The molecule has 0 amide bonds. The fraction of sp³-hybridized carbons (Fsp3) is 0.333. The van der Waals surface area contributed by atoms with Gasteiger partial charge in [-0.3, -0.25) is 0 Å². The zero-order valence-corrected chi connectivity index (χ0v) is 8.40. The third-order valence-corrected chi connectivity index (χ3v) is 2.76. The Morgan fingerprint density at radius 2 is 2.00 bits per heavy atom. The van der Waals surface area contributed by atoms with Crippen LogP contribution in [0.5, 0.6) is 0 Å². The smallest absolute Gasteiger partial charge is 0.0550 e. The molecule has 1 aromatic carbocycles. The molecule has 0 heterocycles. The van der Waals surface area contributed by atoms with Crippen LogP contribution in [-0.4, -0.2) is 17.0 Å². The van der Waals surface area contributed by atoms with Crippen LogP contribution in [0.3, 0.4) is 0 Å². The van der Waals surface area contributed by atoms with E-state index in [1.165, 1.54) is 0 Å². The number of thioether (sulfide) groups is 1. The van der Waals surface area contributed by atoms with Crippen LogP contribution in [0.1, 0.15) is 6.92 Å². The Labute approximate surface area is 81.7 Å². The lowest BCUT2D eigenvalue weighted by atomic mass is 10.4. The molecule has 66 valence electrons. The van der Waals surface area contributed by atoms with Gasteiger partial charge in [-0.1, -0.05) is 18.5 Å². The molecule has 0 aliphatic rings. The fourth-order valence-electron chi connectivity index (χ4n) is 0.783. The summed E-state index contributed by atoms with van der Waals surface area (Å²) in [5, 5.41) is 9.79. The SMILES string of the molecule is CC(CO)Sc1ccc(Cl)cc1. The van der Waals surface area contributed by atoms with E-state index in [1.807, 2.05) is 31.2 Å². The molecule has 0 radical (unpaired) electrons. The second kappa shape index (κ2) is 4.75. The molecule has 0 saturated carbocycles. The molecular formula is C9H11ClOS. The summed E-state index contributed by atoms with van der Waals surface area (Å²) >= 11 is 7.37. The van der Waals surface area contributed by atoms with E-state index in [4.69, 9.17) is 16.7 Å². The summed E-state index contributed by atoms with van der Waals surface area (Å²) in [5.74, 6) is 0. The average molecular weight is 203 g/mol. The second-order valence-corrected chi connectivity index (χ2v) is 4.51. The van der Waals surface area contributed by atoms with Crippen molar-refractivity contribution in [2.75, 3.05) is 6.61 Å².